The quantitative estimate of drug-likeness (QED) is 0.752. The zero-order valence-corrected chi connectivity index (χ0v) is 12.8. The van der Waals surface area contributed by atoms with E-state index < -0.39 is 12.0 Å². The fraction of sp³-hybridized carbons (Fsp3) is 0.467. The number of rotatable bonds is 6. The lowest BCUT2D eigenvalue weighted by Gasteiger charge is -2.22. The molecule has 0 aliphatic heterocycles. The second-order valence-electron chi connectivity index (χ2n) is 5.26. The van der Waals surface area contributed by atoms with E-state index in [0.717, 1.165) is 5.56 Å². The molecule has 6 heteroatoms. The van der Waals surface area contributed by atoms with Gasteiger partial charge in [0.2, 0.25) is 0 Å². The van der Waals surface area contributed by atoms with E-state index in [4.69, 9.17) is 9.84 Å². The van der Waals surface area contributed by atoms with Crippen LogP contribution in [0.2, 0.25) is 0 Å². The summed E-state index contributed by atoms with van der Waals surface area (Å²) in [4.78, 5) is 23.2. The lowest BCUT2D eigenvalue weighted by Crippen LogP contribution is -2.43. The van der Waals surface area contributed by atoms with Crippen LogP contribution in [0.15, 0.2) is 18.2 Å². The molecular formula is C15H22N2O4. The van der Waals surface area contributed by atoms with E-state index >= 15 is 0 Å². The van der Waals surface area contributed by atoms with Crippen molar-refractivity contribution in [1.29, 1.82) is 0 Å². The van der Waals surface area contributed by atoms with Gasteiger partial charge in [-0.25, -0.2) is 9.59 Å². The van der Waals surface area contributed by atoms with E-state index in [1.54, 1.807) is 26.2 Å². The van der Waals surface area contributed by atoms with Gasteiger partial charge in [0.1, 0.15) is 0 Å². The first-order valence-corrected chi connectivity index (χ1v) is 6.75. The fourth-order valence-electron chi connectivity index (χ4n) is 1.85. The Morgan fingerprint density at radius 2 is 2.00 bits per heavy atom. The Morgan fingerprint density at radius 1 is 1.33 bits per heavy atom. The van der Waals surface area contributed by atoms with Crippen molar-refractivity contribution < 1.29 is 19.4 Å². The van der Waals surface area contributed by atoms with Gasteiger partial charge >= 0.3 is 12.0 Å². The van der Waals surface area contributed by atoms with Gasteiger partial charge in [0.25, 0.3) is 0 Å². The Kier molecular flexibility index (Phi) is 6.17. The molecule has 1 aromatic carbocycles. The number of urea groups is 1. The summed E-state index contributed by atoms with van der Waals surface area (Å²) in [5.74, 6) is -0.876. The summed E-state index contributed by atoms with van der Waals surface area (Å²) >= 11 is 0. The molecule has 0 radical (unpaired) electrons. The Balaban J connectivity index is 2.81. The van der Waals surface area contributed by atoms with E-state index in [0.29, 0.717) is 6.61 Å². The standard InChI is InChI=1S/C15H22N2O4/c1-9(2)13(8-21-4)17-15(20)16-12-6-5-10(3)7-11(12)14(18)19/h5-7,9,13H,8H2,1-4H3,(H,18,19)(H2,16,17,20). The number of carbonyl (C=O) groups excluding carboxylic acids is 1. The third-order valence-corrected chi connectivity index (χ3v) is 3.12. The van der Waals surface area contributed by atoms with Crippen LogP contribution in [0.25, 0.3) is 0 Å². The van der Waals surface area contributed by atoms with E-state index in [2.05, 4.69) is 10.6 Å². The maximum atomic E-state index is 12.0. The molecule has 1 rings (SSSR count). The van der Waals surface area contributed by atoms with Crippen molar-refractivity contribution in [3.8, 4) is 0 Å². The number of aryl methyl sites for hydroxylation is 1. The highest BCUT2D eigenvalue weighted by Gasteiger charge is 2.18. The monoisotopic (exact) mass is 294 g/mol. The van der Waals surface area contributed by atoms with Crippen molar-refractivity contribution in [3.05, 3.63) is 29.3 Å². The summed E-state index contributed by atoms with van der Waals surface area (Å²) in [6.45, 7) is 6.13. The highest BCUT2D eigenvalue weighted by molar-refractivity contribution is 6.00. The molecular weight excluding hydrogens is 272 g/mol. The van der Waals surface area contributed by atoms with Crippen molar-refractivity contribution in [1.82, 2.24) is 5.32 Å². The van der Waals surface area contributed by atoms with Crippen LogP contribution in [0.1, 0.15) is 29.8 Å². The number of anilines is 1. The third-order valence-electron chi connectivity index (χ3n) is 3.12. The predicted octanol–water partition coefficient (Wildman–Crippen LogP) is 2.49. The summed E-state index contributed by atoms with van der Waals surface area (Å²) in [6.07, 6.45) is 0. The average molecular weight is 294 g/mol. The zero-order chi connectivity index (χ0) is 16.0. The SMILES string of the molecule is COCC(NC(=O)Nc1ccc(C)cc1C(=O)O)C(C)C. The summed E-state index contributed by atoms with van der Waals surface area (Å²) in [5.41, 5.74) is 1.15. The number of carboxylic acids is 1. The number of nitrogens with one attached hydrogen (secondary N) is 2. The van der Waals surface area contributed by atoms with E-state index in [-0.39, 0.29) is 23.2 Å². The van der Waals surface area contributed by atoms with Gasteiger partial charge in [0.15, 0.2) is 0 Å². The normalized spacial score (nSPS) is 12.0. The van der Waals surface area contributed by atoms with Gasteiger partial charge in [0, 0.05) is 7.11 Å². The predicted molar refractivity (Wildman–Crippen MR) is 80.8 cm³/mol. The number of carbonyl (C=O) groups is 2. The molecule has 3 N–H and O–H groups in total. The highest BCUT2D eigenvalue weighted by atomic mass is 16.5. The van der Waals surface area contributed by atoms with Crippen LogP contribution in [-0.2, 0) is 4.74 Å². The smallest absolute Gasteiger partial charge is 0.337 e. The molecule has 0 saturated heterocycles. The second-order valence-corrected chi connectivity index (χ2v) is 5.26. The molecule has 0 spiro atoms. The molecule has 116 valence electrons. The molecule has 0 bridgehead atoms. The largest absolute Gasteiger partial charge is 0.478 e. The van der Waals surface area contributed by atoms with Crippen LogP contribution in [-0.4, -0.2) is 36.9 Å². The van der Waals surface area contributed by atoms with Crippen LogP contribution in [0, 0.1) is 12.8 Å². The van der Waals surface area contributed by atoms with Gasteiger partial charge in [-0.2, -0.15) is 0 Å². The molecule has 0 aliphatic carbocycles. The van der Waals surface area contributed by atoms with Gasteiger partial charge in [0.05, 0.1) is 23.9 Å². The molecule has 0 saturated carbocycles. The second kappa shape index (κ2) is 7.64. The van der Waals surface area contributed by atoms with Crippen molar-refractivity contribution >= 4 is 17.7 Å². The minimum Gasteiger partial charge on any atom is -0.478 e. The molecule has 0 aromatic heterocycles. The summed E-state index contributed by atoms with van der Waals surface area (Å²) in [7, 11) is 1.57. The maximum Gasteiger partial charge on any atom is 0.337 e. The number of benzene rings is 1. The average Bonchev–Trinajstić information content (AvgIpc) is 2.40. The minimum atomic E-state index is -1.08. The molecule has 0 fully saturated rings. The minimum absolute atomic E-state index is 0.0676. The Morgan fingerprint density at radius 3 is 2.52 bits per heavy atom. The van der Waals surface area contributed by atoms with Crippen LogP contribution < -0.4 is 10.6 Å². The van der Waals surface area contributed by atoms with Gasteiger partial charge < -0.3 is 20.5 Å². The number of methoxy groups -OCH3 is 1. The van der Waals surface area contributed by atoms with E-state index in [1.165, 1.54) is 6.07 Å². The van der Waals surface area contributed by atoms with Gasteiger partial charge in [-0.3, -0.25) is 0 Å². The van der Waals surface area contributed by atoms with Gasteiger partial charge in [-0.05, 0) is 25.0 Å². The van der Waals surface area contributed by atoms with Crippen molar-refractivity contribution in [2.24, 2.45) is 5.92 Å². The Labute approximate surface area is 124 Å². The molecule has 1 unspecified atom stereocenters. The van der Waals surface area contributed by atoms with E-state index in [1.807, 2.05) is 13.8 Å². The molecule has 0 aliphatic rings. The van der Waals surface area contributed by atoms with Gasteiger partial charge in [-0.1, -0.05) is 25.5 Å². The van der Waals surface area contributed by atoms with Crippen LogP contribution >= 0.6 is 0 Å². The maximum absolute atomic E-state index is 12.0. The topological polar surface area (TPSA) is 87.7 Å². The van der Waals surface area contributed by atoms with Crippen molar-refractivity contribution in [2.75, 3.05) is 19.0 Å². The molecule has 1 aromatic rings. The first-order chi connectivity index (χ1) is 9.85. The lowest BCUT2D eigenvalue weighted by atomic mass is 10.1. The summed E-state index contributed by atoms with van der Waals surface area (Å²) in [6, 6.07) is 4.26. The summed E-state index contributed by atoms with van der Waals surface area (Å²) < 4.78 is 5.06. The first-order valence-electron chi connectivity index (χ1n) is 6.75. The van der Waals surface area contributed by atoms with Crippen LogP contribution in [0.5, 0.6) is 0 Å². The van der Waals surface area contributed by atoms with Crippen LogP contribution in [0.4, 0.5) is 10.5 Å². The molecule has 2 amide bonds. The fourth-order valence-corrected chi connectivity index (χ4v) is 1.85. The Bertz CT molecular complexity index is 514. The van der Waals surface area contributed by atoms with Crippen molar-refractivity contribution in [3.63, 3.8) is 0 Å². The number of ether oxygens (including phenoxy) is 1. The number of hydrogen-bond donors (Lipinski definition) is 3. The van der Waals surface area contributed by atoms with E-state index in [9.17, 15) is 9.59 Å². The van der Waals surface area contributed by atoms with Crippen molar-refractivity contribution in [2.45, 2.75) is 26.8 Å². The Hall–Kier alpha value is -2.08. The number of carboxylic acid groups (broad SMARTS) is 1. The number of hydrogen-bond acceptors (Lipinski definition) is 3. The lowest BCUT2D eigenvalue weighted by molar-refractivity contribution is 0.0698. The highest BCUT2D eigenvalue weighted by Crippen LogP contribution is 2.17. The third kappa shape index (κ3) is 5.07. The molecule has 1 atom stereocenters. The summed E-state index contributed by atoms with van der Waals surface area (Å²) in [5, 5.41) is 14.5. The molecule has 21 heavy (non-hydrogen) atoms. The number of amides is 2. The molecule has 0 heterocycles. The van der Waals surface area contributed by atoms with Crippen LogP contribution in [0.3, 0.4) is 0 Å². The first kappa shape index (κ1) is 17.0. The number of aromatic carboxylic acids is 1. The zero-order valence-electron chi connectivity index (χ0n) is 12.8. The van der Waals surface area contributed by atoms with Gasteiger partial charge in [-0.15, -0.1) is 0 Å². The molecule has 6 nitrogen and oxygen atoms in total.